The molecule has 0 heterocycles. The van der Waals surface area contributed by atoms with Gasteiger partial charge in [0, 0.05) is 10.0 Å². The molecule has 0 saturated carbocycles. The minimum absolute atomic E-state index is 0.444. The molecule has 0 saturated heterocycles. The van der Waals surface area contributed by atoms with E-state index in [2.05, 4.69) is 52.4 Å². The molecule has 3 aromatic rings. The van der Waals surface area contributed by atoms with E-state index in [1.807, 2.05) is 48.5 Å². The van der Waals surface area contributed by atoms with Crippen molar-refractivity contribution in [3.8, 4) is 11.5 Å². The molecular formula is C23H23BrN2O2. The summed E-state index contributed by atoms with van der Waals surface area (Å²) in [4.78, 5) is 0. The highest BCUT2D eigenvalue weighted by Crippen LogP contribution is 2.31. The van der Waals surface area contributed by atoms with E-state index in [9.17, 15) is 0 Å². The van der Waals surface area contributed by atoms with E-state index < -0.39 is 0 Å². The first kappa shape index (κ1) is 20.0. The maximum absolute atomic E-state index is 6.06. The van der Waals surface area contributed by atoms with Gasteiger partial charge < -0.3 is 9.47 Å². The highest BCUT2D eigenvalue weighted by atomic mass is 79.9. The van der Waals surface area contributed by atoms with Gasteiger partial charge in [0.2, 0.25) is 0 Å². The maximum atomic E-state index is 6.06. The van der Waals surface area contributed by atoms with Gasteiger partial charge >= 0.3 is 0 Å². The highest BCUT2D eigenvalue weighted by molar-refractivity contribution is 9.10. The Labute approximate surface area is 174 Å². The van der Waals surface area contributed by atoms with E-state index >= 15 is 0 Å². The van der Waals surface area contributed by atoms with Crippen molar-refractivity contribution in [2.45, 2.75) is 20.5 Å². The lowest BCUT2D eigenvalue weighted by Gasteiger charge is -2.13. The largest absolute Gasteiger partial charge is 0.493 e. The van der Waals surface area contributed by atoms with Crippen LogP contribution in [0.5, 0.6) is 11.5 Å². The first-order valence-electron chi connectivity index (χ1n) is 8.97. The van der Waals surface area contributed by atoms with Crippen molar-refractivity contribution in [1.29, 1.82) is 0 Å². The van der Waals surface area contributed by atoms with E-state index in [4.69, 9.17) is 9.47 Å². The monoisotopic (exact) mass is 438 g/mol. The Bertz CT molecular complexity index is 969. The molecule has 3 rings (SSSR count). The summed E-state index contributed by atoms with van der Waals surface area (Å²) in [6, 6.07) is 19.9. The minimum atomic E-state index is 0.444. The first-order valence-corrected chi connectivity index (χ1v) is 9.76. The molecule has 0 aliphatic rings. The summed E-state index contributed by atoms with van der Waals surface area (Å²) in [7, 11) is 1.63. The quantitative estimate of drug-likeness (QED) is 0.357. The zero-order valence-electron chi connectivity index (χ0n) is 16.2. The molecule has 144 valence electrons. The number of hydrazone groups is 1. The minimum Gasteiger partial charge on any atom is -0.493 e. The summed E-state index contributed by atoms with van der Waals surface area (Å²) in [6.45, 7) is 4.62. The van der Waals surface area contributed by atoms with Crippen LogP contribution in [0.25, 0.3) is 0 Å². The maximum Gasteiger partial charge on any atom is 0.170 e. The molecule has 1 N–H and O–H groups in total. The molecule has 0 unspecified atom stereocenters. The Morgan fingerprint density at radius 1 is 1.00 bits per heavy atom. The highest BCUT2D eigenvalue weighted by Gasteiger charge is 2.10. The number of hydrogen-bond acceptors (Lipinski definition) is 4. The number of anilines is 1. The lowest BCUT2D eigenvalue weighted by molar-refractivity contribution is 0.284. The van der Waals surface area contributed by atoms with Crippen LogP contribution in [-0.4, -0.2) is 13.3 Å². The molecule has 28 heavy (non-hydrogen) atoms. The lowest BCUT2D eigenvalue weighted by Crippen LogP contribution is -2.01. The Kier molecular flexibility index (Phi) is 6.71. The summed E-state index contributed by atoms with van der Waals surface area (Å²) in [5.41, 5.74) is 8.41. The summed E-state index contributed by atoms with van der Waals surface area (Å²) in [6.07, 6.45) is 1.74. The number of aryl methyl sites for hydroxylation is 2. The molecule has 0 aliphatic heterocycles. The molecule has 0 aromatic heterocycles. The molecule has 0 atom stereocenters. The number of para-hydroxylation sites is 1. The number of methoxy groups -OCH3 is 1. The molecule has 0 amide bonds. The van der Waals surface area contributed by atoms with Crippen LogP contribution in [0.1, 0.15) is 22.3 Å². The third-order valence-corrected chi connectivity index (χ3v) is 4.96. The van der Waals surface area contributed by atoms with Gasteiger partial charge in [-0.05, 0) is 66.9 Å². The molecule has 0 fully saturated rings. The normalized spacial score (nSPS) is 10.9. The van der Waals surface area contributed by atoms with Crippen LogP contribution in [0.3, 0.4) is 0 Å². The Hall–Kier alpha value is -2.79. The second kappa shape index (κ2) is 9.42. The van der Waals surface area contributed by atoms with Crippen LogP contribution < -0.4 is 14.9 Å². The summed E-state index contributed by atoms with van der Waals surface area (Å²) in [5.74, 6) is 1.34. The molecule has 0 spiro atoms. The molecule has 0 aliphatic carbocycles. The summed E-state index contributed by atoms with van der Waals surface area (Å²) in [5, 5.41) is 4.37. The van der Waals surface area contributed by atoms with E-state index in [1.54, 1.807) is 13.3 Å². The zero-order chi connectivity index (χ0) is 19.9. The van der Waals surface area contributed by atoms with Crippen molar-refractivity contribution >= 4 is 27.8 Å². The van der Waals surface area contributed by atoms with Gasteiger partial charge in [-0.2, -0.15) is 5.10 Å². The van der Waals surface area contributed by atoms with E-state index in [0.29, 0.717) is 18.1 Å². The molecule has 0 bridgehead atoms. The van der Waals surface area contributed by atoms with Crippen LogP contribution in [0.2, 0.25) is 0 Å². The zero-order valence-corrected chi connectivity index (χ0v) is 17.8. The van der Waals surface area contributed by atoms with Crippen LogP contribution in [0.4, 0.5) is 5.69 Å². The van der Waals surface area contributed by atoms with Crippen molar-refractivity contribution in [3.05, 3.63) is 87.4 Å². The topological polar surface area (TPSA) is 42.8 Å². The molecule has 3 aromatic carbocycles. The number of rotatable bonds is 7. The van der Waals surface area contributed by atoms with Crippen LogP contribution in [0, 0.1) is 13.8 Å². The number of hydrogen-bond donors (Lipinski definition) is 1. The van der Waals surface area contributed by atoms with Gasteiger partial charge in [0.25, 0.3) is 0 Å². The second-order valence-electron chi connectivity index (χ2n) is 6.46. The smallest absolute Gasteiger partial charge is 0.170 e. The average molecular weight is 439 g/mol. The molecule has 4 nitrogen and oxygen atoms in total. The Morgan fingerprint density at radius 2 is 1.79 bits per heavy atom. The SMILES string of the molecule is COc1cccc(C=NNc2ccc(C)c(C)c2)c1OCc1ccc(Br)cc1. The third kappa shape index (κ3) is 5.14. The number of nitrogens with zero attached hydrogens (tertiary/aromatic N) is 1. The van der Waals surface area contributed by atoms with Crippen LogP contribution in [-0.2, 0) is 6.61 Å². The van der Waals surface area contributed by atoms with E-state index in [1.165, 1.54) is 11.1 Å². The fourth-order valence-electron chi connectivity index (χ4n) is 2.67. The second-order valence-corrected chi connectivity index (χ2v) is 7.38. The van der Waals surface area contributed by atoms with Crippen molar-refractivity contribution in [2.24, 2.45) is 5.10 Å². The van der Waals surface area contributed by atoms with Crippen molar-refractivity contribution in [1.82, 2.24) is 0 Å². The van der Waals surface area contributed by atoms with Crippen molar-refractivity contribution in [2.75, 3.05) is 12.5 Å². The third-order valence-electron chi connectivity index (χ3n) is 4.43. The van der Waals surface area contributed by atoms with E-state index in [0.717, 1.165) is 21.3 Å². The molecular weight excluding hydrogens is 416 g/mol. The number of ether oxygens (including phenoxy) is 2. The summed E-state index contributed by atoms with van der Waals surface area (Å²) >= 11 is 3.45. The number of halogens is 1. The van der Waals surface area contributed by atoms with Gasteiger partial charge in [0.1, 0.15) is 6.61 Å². The van der Waals surface area contributed by atoms with Crippen molar-refractivity contribution < 1.29 is 9.47 Å². The summed E-state index contributed by atoms with van der Waals surface area (Å²) < 4.78 is 12.6. The predicted octanol–water partition coefficient (Wildman–Crippen LogP) is 6.10. The van der Waals surface area contributed by atoms with Gasteiger partial charge in [0.05, 0.1) is 19.0 Å². The molecule has 5 heteroatoms. The number of benzene rings is 3. The first-order chi connectivity index (χ1) is 13.6. The van der Waals surface area contributed by atoms with Gasteiger partial charge in [-0.15, -0.1) is 0 Å². The van der Waals surface area contributed by atoms with Gasteiger partial charge in [0.15, 0.2) is 11.5 Å². The average Bonchev–Trinajstić information content (AvgIpc) is 2.70. The van der Waals surface area contributed by atoms with Crippen molar-refractivity contribution in [3.63, 3.8) is 0 Å². The van der Waals surface area contributed by atoms with Gasteiger partial charge in [-0.25, -0.2) is 0 Å². The Morgan fingerprint density at radius 3 is 2.50 bits per heavy atom. The van der Waals surface area contributed by atoms with Crippen LogP contribution in [0.15, 0.2) is 70.2 Å². The lowest BCUT2D eigenvalue weighted by atomic mass is 10.1. The standard InChI is InChI=1S/C23H23BrN2O2/c1-16-7-12-21(13-17(16)2)26-25-14-19-5-4-6-22(27-3)23(19)28-15-18-8-10-20(24)11-9-18/h4-14,26H,15H2,1-3H3. The number of nitrogens with one attached hydrogen (secondary N) is 1. The Balaban J connectivity index is 1.76. The molecule has 0 radical (unpaired) electrons. The van der Waals surface area contributed by atoms with Crippen LogP contribution >= 0.6 is 15.9 Å². The predicted molar refractivity (Wildman–Crippen MR) is 119 cm³/mol. The fraction of sp³-hybridized carbons (Fsp3) is 0.174. The fourth-order valence-corrected chi connectivity index (χ4v) is 2.94. The van der Waals surface area contributed by atoms with Gasteiger partial charge in [-0.1, -0.05) is 40.2 Å². The van der Waals surface area contributed by atoms with E-state index in [-0.39, 0.29) is 0 Å². The van der Waals surface area contributed by atoms with Gasteiger partial charge in [-0.3, -0.25) is 5.43 Å².